The summed E-state index contributed by atoms with van der Waals surface area (Å²) >= 11 is 10.2. The molecule has 0 aromatic heterocycles. The molecule has 0 atom stereocenters. The molecule has 1 aromatic rings. The van der Waals surface area contributed by atoms with Gasteiger partial charge in [-0.25, -0.2) is 0 Å². The normalized spacial score (nSPS) is 11.4. The highest BCUT2D eigenvalue weighted by molar-refractivity contribution is 7.80. The van der Waals surface area contributed by atoms with E-state index in [4.69, 9.17) is 11.6 Å². The summed E-state index contributed by atoms with van der Waals surface area (Å²) in [6.45, 7) is 6.95. The van der Waals surface area contributed by atoms with Gasteiger partial charge in [-0.2, -0.15) is 0 Å². The van der Waals surface area contributed by atoms with E-state index in [1.807, 2.05) is 0 Å². The summed E-state index contributed by atoms with van der Waals surface area (Å²) in [5.41, 5.74) is 0.570. The molecule has 4 heteroatoms. The Kier molecular flexibility index (Phi) is 4.50. The number of halogens is 1. The Hall–Kier alpha value is -0.670. The maximum absolute atomic E-state index is 12.2. The third kappa shape index (κ3) is 4.25. The Morgan fingerprint density at radius 2 is 2.00 bits per heavy atom. The van der Waals surface area contributed by atoms with Gasteiger partial charge in [-0.3, -0.25) is 4.79 Å². The van der Waals surface area contributed by atoms with Gasteiger partial charge in [-0.05, 0) is 23.6 Å². The minimum absolute atomic E-state index is 0.0649. The van der Waals surface area contributed by atoms with Gasteiger partial charge in [-0.15, -0.1) is 12.6 Å². The van der Waals surface area contributed by atoms with Crippen LogP contribution in [0.3, 0.4) is 0 Å². The van der Waals surface area contributed by atoms with Gasteiger partial charge in [0.15, 0.2) is 0 Å². The number of benzene rings is 1. The number of carbonyl (C=O) groups is 1. The van der Waals surface area contributed by atoms with Gasteiger partial charge < -0.3 is 4.90 Å². The Morgan fingerprint density at radius 3 is 2.53 bits per heavy atom. The molecule has 0 heterocycles. The second-order valence-corrected chi connectivity index (χ2v) is 6.31. The molecule has 0 N–H and O–H groups in total. The average Bonchev–Trinajstić information content (AvgIpc) is 2.18. The summed E-state index contributed by atoms with van der Waals surface area (Å²) in [5, 5.41) is 0.466. The summed E-state index contributed by atoms with van der Waals surface area (Å²) < 4.78 is 0. The average molecular weight is 272 g/mol. The molecule has 1 amide bonds. The van der Waals surface area contributed by atoms with Crippen LogP contribution in [0.2, 0.25) is 5.02 Å². The lowest BCUT2D eigenvalue weighted by molar-refractivity contribution is 0.0745. The molecule has 0 aliphatic carbocycles. The van der Waals surface area contributed by atoms with Crippen LogP contribution in [-0.2, 0) is 0 Å². The van der Waals surface area contributed by atoms with Gasteiger partial charge in [0.25, 0.3) is 5.91 Å². The molecule has 0 fully saturated rings. The fraction of sp³-hybridized carbons (Fsp3) is 0.462. The molecule has 0 saturated carbocycles. The number of hydrogen-bond acceptors (Lipinski definition) is 2. The first-order valence-electron chi connectivity index (χ1n) is 5.45. The highest BCUT2D eigenvalue weighted by atomic mass is 35.5. The van der Waals surface area contributed by atoms with Crippen molar-refractivity contribution < 1.29 is 4.79 Å². The van der Waals surface area contributed by atoms with Crippen LogP contribution in [0.1, 0.15) is 31.1 Å². The first-order valence-corrected chi connectivity index (χ1v) is 6.27. The number of carbonyl (C=O) groups excluding carboxylic acids is 1. The SMILES string of the molecule is CN(CC(C)(C)C)C(=O)c1cc(S)ccc1Cl. The summed E-state index contributed by atoms with van der Waals surface area (Å²) in [5.74, 6) is -0.0687. The topological polar surface area (TPSA) is 20.3 Å². The number of rotatable bonds is 2. The predicted octanol–water partition coefficient (Wildman–Crippen LogP) is 3.75. The van der Waals surface area contributed by atoms with Crippen LogP contribution < -0.4 is 0 Å². The first kappa shape index (κ1) is 14.4. The number of nitrogens with zero attached hydrogens (tertiary/aromatic N) is 1. The van der Waals surface area contributed by atoms with Crippen LogP contribution in [0.15, 0.2) is 23.1 Å². The van der Waals surface area contributed by atoms with E-state index in [9.17, 15) is 4.79 Å². The number of hydrogen-bond donors (Lipinski definition) is 1. The molecule has 0 unspecified atom stereocenters. The van der Waals surface area contributed by atoms with Crippen LogP contribution in [0.4, 0.5) is 0 Å². The van der Waals surface area contributed by atoms with E-state index in [2.05, 4.69) is 33.4 Å². The highest BCUT2D eigenvalue weighted by Gasteiger charge is 2.20. The van der Waals surface area contributed by atoms with Crippen molar-refractivity contribution in [2.75, 3.05) is 13.6 Å². The molecule has 0 spiro atoms. The first-order chi connectivity index (χ1) is 7.70. The third-order valence-corrected chi connectivity index (χ3v) is 2.85. The summed E-state index contributed by atoms with van der Waals surface area (Å²) in [6.07, 6.45) is 0. The maximum Gasteiger partial charge on any atom is 0.255 e. The van der Waals surface area contributed by atoms with E-state index < -0.39 is 0 Å². The van der Waals surface area contributed by atoms with Crippen LogP contribution in [0.25, 0.3) is 0 Å². The fourth-order valence-electron chi connectivity index (χ4n) is 1.67. The Bertz CT molecular complexity index is 426. The molecule has 17 heavy (non-hydrogen) atoms. The molecule has 94 valence electrons. The number of thiol groups is 1. The Labute approximate surface area is 113 Å². The van der Waals surface area contributed by atoms with Crippen molar-refractivity contribution >= 4 is 30.1 Å². The third-order valence-electron chi connectivity index (χ3n) is 2.24. The van der Waals surface area contributed by atoms with Gasteiger partial charge in [-0.1, -0.05) is 32.4 Å². The van der Waals surface area contributed by atoms with Crippen molar-refractivity contribution in [1.29, 1.82) is 0 Å². The lowest BCUT2D eigenvalue weighted by Crippen LogP contribution is -2.34. The minimum Gasteiger partial charge on any atom is -0.341 e. The standard InChI is InChI=1S/C13H18ClNOS/c1-13(2,3)8-15(4)12(16)10-7-9(17)5-6-11(10)14/h5-7,17H,8H2,1-4H3. The van der Waals surface area contributed by atoms with Crippen molar-refractivity contribution in [2.24, 2.45) is 5.41 Å². The lowest BCUT2D eigenvalue weighted by atomic mass is 9.96. The molecular weight excluding hydrogens is 254 g/mol. The largest absolute Gasteiger partial charge is 0.341 e. The van der Waals surface area contributed by atoms with Gasteiger partial charge in [0.1, 0.15) is 0 Å². The summed E-state index contributed by atoms with van der Waals surface area (Å²) in [4.78, 5) is 14.6. The molecule has 0 radical (unpaired) electrons. The van der Waals surface area contributed by atoms with E-state index in [0.717, 1.165) is 4.90 Å². The summed E-state index contributed by atoms with van der Waals surface area (Å²) in [6, 6.07) is 5.17. The predicted molar refractivity (Wildman–Crippen MR) is 75.1 cm³/mol. The van der Waals surface area contributed by atoms with Gasteiger partial charge in [0.05, 0.1) is 10.6 Å². The van der Waals surface area contributed by atoms with Crippen molar-refractivity contribution in [3.05, 3.63) is 28.8 Å². The highest BCUT2D eigenvalue weighted by Crippen LogP contribution is 2.22. The van der Waals surface area contributed by atoms with Gasteiger partial charge >= 0.3 is 0 Å². The van der Waals surface area contributed by atoms with Crippen molar-refractivity contribution in [3.63, 3.8) is 0 Å². The fourth-order valence-corrected chi connectivity index (χ4v) is 2.07. The van der Waals surface area contributed by atoms with Crippen LogP contribution in [0.5, 0.6) is 0 Å². The van der Waals surface area contributed by atoms with Gasteiger partial charge in [0.2, 0.25) is 0 Å². The van der Waals surface area contributed by atoms with E-state index in [1.165, 1.54) is 0 Å². The lowest BCUT2D eigenvalue weighted by Gasteiger charge is -2.27. The smallest absolute Gasteiger partial charge is 0.255 e. The van der Waals surface area contributed by atoms with Gasteiger partial charge in [0, 0.05) is 18.5 Å². The molecule has 0 aliphatic heterocycles. The van der Waals surface area contributed by atoms with E-state index in [0.29, 0.717) is 17.1 Å². The molecule has 1 rings (SSSR count). The maximum atomic E-state index is 12.2. The van der Waals surface area contributed by atoms with Crippen LogP contribution in [0, 0.1) is 5.41 Å². The number of amides is 1. The zero-order valence-electron chi connectivity index (χ0n) is 10.6. The Morgan fingerprint density at radius 1 is 1.41 bits per heavy atom. The van der Waals surface area contributed by atoms with Crippen LogP contribution >= 0.6 is 24.2 Å². The Balaban J connectivity index is 2.93. The van der Waals surface area contributed by atoms with Crippen molar-refractivity contribution in [1.82, 2.24) is 4.90 Å². The van der Waals surface area contributed by atoms with Crippen LogP contribution in [-0.4, -0.2) is 24.4 Å². The van der Waals surface area contributed by atoms with E-state index in [-0.39, 0.29) is 11.3 Å². The van der Waals surface area contributed by atoms with E-state index >= 15 is 0 Å². The minimum atomic E-state index is -0.0687. The zero-order valence-corrected chi connectivity index (χ0v) is 12.3. The van der Waals surface area contributed by atoms with Crippen molar-refractivity contribution in [3.8, 4) is 0 Å². The molecular formula is C13H18ClNOS. The molecule has 0 saturated heterocycles. The molecule has 2 nitrogen and oxygen atoms in total. The molecule has 0 bridgehead atoms. The summed E-state index contributed by atoms with van der Waals surface area (Å²) in [7, 11) is 1.79. The molecule has 1 aromatic carbocycles. The molecule has 0 aliphatic rings. The quantitative estimate of drug-likeness (QED) is 0.813. The zero-order chi connectivity index (χ0) is 13.2. The van der Waals surface area contributed by atoms with E-state index in [1.54, 1.807) is 30.1 Å². The second-order valence-electron chi connectivity index (χ2n) is 5.39. The van der Waals surface area contributed by atoms with Crippen molar-refractivity contribution in [2.45, 2.75) is 25.7 Å². The second kappa shape index (κ2) is 5.32. The monoisotopic (exact) mass is 271 g/mol.